The highest BCUT2D eigenvalue weighted by Crippen LogP contribution is 2.16. The molecule has 2 rings (SSSR count). The molecule has 0 saturated carbocycles. The number of carbonyl (C=O) groups is 2. The molecule has 0 fully saturated rings. The molecule has 2 aromatic carbocycles. The van der Waals surface area contributed by atoms with E-state index in [9.17, 15) is 9.59 Å². The van der Waals surface area contributed by atoms with Crippen molar-refractivity contribution in [3.8, 4) is 5.75 Å². The van der Waals surface area contributed by atoms with Gasteiger partial charge in [0.05, 0.1) is 11.3 Å². The smallest absolute Gasteiger partial charge is 0.262 e. The van der Waals surface area contributed by atoms with Gasteiger partial charge in [-0.2, -0.15) is 0 Å². The van der Waals surface area contributed by atoms with Crippen molar-refractivity contribution in [3.63, 3.8) is 0 Å². The molecule has 138 valence electrons. The summed E-state index contributed by atoms with van der Waals surface area (Å²) >= 11 is 0. The van der Waals surface area contributed by atoms with Crippen LogP contribution in [0, 0.1) is 0 Å². The lowest BCUT2D eigenvalue weighted by atomic mass is 10.1. The Labute approximate surface area is 154 Å². The number of amides is 2. The Kier molecular flexibility index (Phi) is 7.21. The predicted octanol–water partition coefficient (Wildman–Crippen LogP) is 3.79. The summed E-state index contributed by atoms with van der Waals surface area (Å²) in [4.78, 5) is 24.6. The Morgan fingerprint density at radius 1 is 1.08 bits per heavy atom. The fourth-order valence-corrected chi connectivity index (χ4v) is 2.38. The predicted molar refractivity (Wildman–Crippen MR) is 104 cm³/mol. The van der Waals surface area contributed by atoms with Crippen LogP contribution < -0.4 is 15.4 Å². The lowest BCUT2D eigenvalue weighted by Crippen LogP contribution is -2.33. The van der Waals surface area contributed by atoms with Crippen molar-refractivity contribution >= 4 is 17.5 Å². The second kappa shape index (κ2) is 9.61. The molecule has 0 heterocycles. The van der Waals surface area contributed by atoms with Crippen LogP contribution >= 0.6 is 0 Å². The van der Waals surface area contributed by atoms with Crippen LogP contribution in [0.5, 0.6) is 5.75 Å². The molecule has 0 radical (unpaired) electrons. The fourth-order valence-electron chi connectivity index (χ4n) is 2.38. The molecule has 26 heavy (non-hydrogen) atoms. The second-order valence-electron chi connectivity index (χ2n) is 6.17. The quantitative estimate of drug-likeness (QED) is 0.758. The minimum atomic E-state index is -0.310. The monoisotopic (exact) mass is 354 g/mol. The summed E-state index contributed by atoms with van der Waals surface area (Å²) in [6, 6.07) is 14.7. The van der Waals surface area contributed by atoms with Crippen LogP contribution in [0.25, 0.3) is 0 Å². The van der Waals surface area contributed by atoms with Crippen molar-refractivity contribution in [2.24, 2.45) is 0 Å². The lowest BCUT2D eigenvalue weighted by molar-refractivity contribution is -0.118. The van der Waals surface area contributed by atoms with E-state index in [0.717, 1.165) is 18.4 Å². The van der Waals surface area contributed by atoms with Gasteiger partial charge in [0.2, 0.25) is 0 Å². The molecule has 0 aliphatic heterocycles. The molecule has 0 saturated heterocycles. The molecular weight excluding hydrogens is 328 g/mol. The molecule has 0 aliphatic rings. The molecule has 5 nitrogen and oxygen atoms in total. The highest BCUT2D eigenvalue weighted by atomic mass is 16.5. The van der Waals surface area contributed by atoms with E-state index >= 15 is 0 Å². The molecule has 2 N–H and O–H groups in total. The first-order valence-corrected chi connectivity index (χ1v) is 8.95. The molecule has 0 spiro atoms. The molecule has 0 bridgehead atoms. The van der Waals surface area contributed by atoms with E-state index < -0.39 is 0 Å². The minimum Gasteiger partial charge on any atom is -0.484 e. The molecule has 0 aromatic heterocycles. The first-order valence-electron chi connectivity index (χ1n) is 8.95. The van der Waals surface area contributed by atoms with E-state index in [4.69, 9.17) is 4.74 Å². The van der Waals surface area contributed by atoms with Gasteiger partial charge in [0.25, 0.3) is 11.8 Å². The van der Waals surface area contributed by atoms with Gasteiger partial charge in [-0.05, 0) is 49.6 Å². The Morgan fingerprint density at radius 3 is 2.58 bits per heavy atom. The van der Waals surface area contributed by atoms with Gasteiger partial charge in [-0.1, -0.05) is 38.1 Å². The van der Waals surface area contributed by atoms with Crippen LogP contribution in [0.4, 0.5) is 5.69 Å². The Morgan fingerprint density at radius 2 is 1.85 bits per heavy atom. The summed E-state index contributed by atoms with van der Waals surface area (Å²) in [5.74, 6) is 0.143. The first-order chi connectivity index (χ1) is 12.5. The summed E-state index contributed by atoms with van der Waals surface area (Å²) in [6.07, 6.45) is 1.74. The lowest BCUT2D eigenvalue weighted by Gasteiger charge is -2.15. The zero-order valence-corrected chi connectivity index (χ0v) is 15.5. The van der Waals surface area contributed by atoms with E-state index in [2.05, 4.69) is 17.6 Å². The number of ether oxygens (including phenoxy) is 1. The third kappa shape index (κ3) is 5.62. The largest absolute Gasteiger partial charge is 0.484 e. The van der Waals surface area contributed by atoms with Gasteiger partial charge in [-0.25, -0.2) is 0 Å². The molecule has 1 atom stereocenters. The van der Waals surface area contributed by atoms with Gasteiger partial charge in [0.1, 0.15) is 5.75 Å². The average Bonchev–Trinajstić information content (AvgIpc) is 2.66. The SMILES string of the molecule is CCc1cccc(OCC(=O)Nc2ccccc2C(=O)NC(C)CC)c1. The number of benzene rings is 2. The molecule has 1 unspecified atom stereocenters. The summed E-state index contributed by atoms with van der Waals surface area (Å²) in [5, 5.41) is 5.67. The topological polar surface area (TPSA) is 67.4 Å². The number of aryl methyl sites for hydroxylation is 1. The van der Waals surface area contributed by atoms with Crippen molar-refractivity contribution in [1.82, 2.24) is 5.32 Å². The number of anilines is 1. The third-order valence-corrected chi connectivity index (χ3v) is 4.11. The van der Waals surface area contributed by atoms with Crippen LogP contribution in [0.3, 0.4) is 0 Å². The van der Waals surface area contributed by atoms with Crippen LogP contribution in [-0.4, -0.2) is 24.5 Å². The summed E-state index contributed by atoms with van der Waals surface area (Å²) in [5.41, 5.74) is 2.06. The standard InChI is InChI=1S/C21H26N2O3/c1-4-15(3)22-21(25)18-11-6-7-12-19(18)23-20(24)14-26-17-10-8-9-16(5-2)13-17/h6-13,15H,4-5,14H2,1-3H3,(H,22,25)(H,23,24). The van der Waals surface area contributed by atoms with Crippen LogP contribution in [0.2, 0.25) is 0 Å². The van der Waals surface area contributed by atoms with E-state index in [1.54, 1.807) is 24.3 Å². The molecule has 5 heteroatoms. The Balaban J connectivity index is 1.99. The first kappa shape index (κ1) is 19.5. The van der Waals surface area contributed by atoms with Crippen molar-refractivity contribution in [2.75, 3.05) is 11.9 Å². The number of carbonyl (C=O) groups excluding carboxylic acids is 2. The van der Waals surface area contributed by atoms with E-state index in [1.807, 2.05) is 38.1 Å². The minimum absolute atomic E-state index is 0.0698. The maximum Gasteiger partial charge on any atom is 0.262 e. The zero-order chi connectivity index (χ0) is 18.9. The van der Waals surface area contributed by atoms with Gasteiger partial charge in [0.15, 0.2) is 6.61 Å². The van der Waals surface area contributed by atoms with Crippen molar-refractivity contribution in [3.05, 3.63) is 59.7 Å². The van der Waals surface area contributed by atoms with Crippen molar-refractivity contribution in [2.45, 2.75) is 39.7 Å². The van der Waals surface area contributed by atoms with Gasteiger partial charge < -0.3 is 15.4 Å². The fraction of sp³-hybridized carbons (Fsp3) is 0.333. The van der Waals surface area contributed by atoms with Gasteiger partial charge in [-0.15, -0.1) is 0 Å². The molecule has 2 aromatic rings. The summed E-state index contributed by atoms with van der Waals surface area (Å²) in [7, 11) is 0. The van der Waals surface area contributed by atoms with Crippen LogP contribution in [-0.2, 0) is 11.2 Å². The number of hydrogen-bond donors (Lipinski definition) is 2. The number of nitrogens with one attached hydrogen (secondary N) is 2. The Hall–Kier alpha value is -2.82. The van der Waals surface area contributed by atoms with Crippen molar-refractivity contribution in [1.29, 1.82) is 0 Å². The molecule has 0 aliphatic carbocycles. The second-order valence-corrected chi connectivity index (χ2v) is 6.17. The van der Waals surface area contributed by atoms with E-state index in [-0.39, 0.29) is 24.5 Å². The highest BCUT2D eigenvalue weighted by Gasteiger charge is 2.14. The van der Waals surface area contributed by atoms with Gasteiger partial charge in [0, 0.05) is 6.04 Å². The van der Waals surface area contributed by atoms with Crippen molar-refractivity contribution < 1.29 is 14.3 Å². The summed E-state index contributed by atoms with van der Waals surface area (Å²) < 4.78 is 5.55. The maximum absolute atomic E-state index is 12.4. The summed E-state index contributed by atoms with van der Waals surface area (Å²) in [6.45, 7) is 5.89. The molecular formula is C21H26N2O3. The maximum atomic E-state index is 12.4. The number of para-hydroxylation sites is 1. The number of hydrogen-bond acceptors (Lipinski definition) is 3. The van der Waals surface area contributed by atoms with Crippen LogP contribution in [0.15, 0.2) is 48.5 Å². The normalized spacial score (nSPS) is 11.5. The number of rotatable bonds is 8. The van der Waals surface area contributed by atoms with E-state index in [0.29, 0.717) is 17.0 Å². The van der Waals surface area contributed by atoms with E-state index in [1.165, 1.54) is 0 Å². The zero-order valence-electron chi connectivity index (χ0n) is 15.5. The van der Waals surface area contributed by atoms with Gasteiger partial charge in [-0.3, -0.25) is 9.59 Å². The highest BCUT2D eigenvalue weighted by molar-refractivity contribution is 6.04. The Bertz CT molecular complexity index is 758. The third-order valence-electron chi connectivity index (χ3n) is 4.11. The average molecular weight is 354 g/mol. The van der Waals surface area contributed by atoms with Gasteiger partial charge >= 0.3 is 0 Å². The van der Waals surface area contributed by atoms with Crippen LogP contribution in [0.1, 0.15) is 43.1 Å². The molecule has 2 amide bonds.